The van der Waals surface area contributed by atoms with Crippen molar-refractivity contribution in [1.82, 2.24) is 0 Å². The van der Waals surface area contributed by atoms with Crippen LogP contribution in [-0.2, 0) is 24.4 Å². The summed E-state index contributed by atoms with van der Waals surface area (Å²) in [5, 5.41) is 0. The van der Waals surface area contributed by atoms with E-state index in [0.29, 0.717) is 0 Å². The zero-order valence-corrected chi connectivity index (χ0v) is 8.42. The Morgan fingerprint density at radius 1 is 1.88 bits per heavy atom. The van der Waals surface area contributed by atoms with E-state index in [2.05, 4.69) is 15.4 Å². The molecule has 1 radical (unpaired) electrons. The number of hydrogen-bond acceptors (Lipinski definition) is 3. The molecule has 0 aliphatic heterocycles. The molecule has 0 aliphatic rings. The fourth-order valence-corrected chi connectivity index (χ4v) is 0.735. The van der Waals surface area contributed by atoms with E-state index in [1.165, 1.54) is 0 Å². The Morgan fingerprint density at radius 3 is 2.25 bits per heavy atom. The van der Waals surface area contributed by atoms with E-state index in [0.717, 1.165) is 0 Å². The molecule has 3 nitrogen and oxygen atoms in total. The first-order valence-electron chi connectivity index (χ1n) is 1.68. The first-order valence-corrected chi connectivity index (χ1v) is 4.04. The molecule has 0 aromatic carbocycles. The molecule has 0 aromatic rings. The molecule has 0 spiro atoms. The molecular formula is C2H6NaO3S2. The van der Waals surface area contributed by atoms with Crippen LogP contribution in [0.3, 0.4) is 0 Å². The second kappa shape index (κ2) is 5.10. The maximum absolute atomic E-state index is 9.93. The summed E-state index contributed by atoms with van der Waals surface area (Å²) in [6, 6.07) is 0. The third-order valence-corrected chi connectivity index (χ3v) is 1.09. The maximum Gasteiger partial charge on any atom is 0.266 e. The SMILES string of the molecule is CCOS(=O)(O)=S.[Na]. The number of hydrogen-bond donors (Lipinski definition) is 1. The zero-order chi connectivity index (χ0) is 5.91. The van der Waals surface area contributed by atoms with Gasteiger partial charge in [0.15, 0.2) is 0 Å². The molecular weight excluding hydrogens is 159 g/mol. The molecule has 1 unspecified atom stereocenters. The predicted molar refractivity (Wildman–Crippen MR) is 35.5 cm³/mol. The van der Waals surface area contributed by atoms with Crippen molar-refractivity contribution >= 4 is 49.8 Å². The molecule has 0 saturated heterocycles. The van der Waals surface area contributed by atoms with Gasteiger partial charge in [-0.2, -0.15) is 4.21 Å². The van der Waals surface area contributed by atoms with Gasteiger partial charge in [-0.25, -0.2) is 0 Å². The van der Waals surface area contributed by atoms with Crippen LogP contribution in [0, 0.1) is 0 Å². The first-order chi connectivity index (χ1) is 3.06. The Hall–Kier alpha value is 1.29. The van der Waals surface area contributed by atoms with Gasteiger partial charge in [-0.05, 0) is 6.92 Å². The van der Waals surface area contributed by atoms with Crippen LogP contribution in [0.5, 0.6) is 0 Å². The fourth-order valence-electron chi connectivity index (χ4n) is 0.149. The van der Waals surface area contributed by atoms with Gasteiger partial charge in [0.2, 0.25) is 0 Å². The largest absolute Gasteiger partial charge is 0.285 e. The molecule has 0 aliphatic carbocycles. The van der Waals surface area contributed by atoms with Crippen LogP contribution >= 0.6 is 0 Å². The van der Waals surface area contributed by atoms with Gasteiger partial charge < -0.3 is 0 Å². The van der Waals surface area contributed by atoms with Gasteiger partial charge >= 0.3 is 0 Å². The second-order valence-corrected chi connectivity index (χ2v) is 3.19. The quantitative estimate of drug-likeness (QED) is 0.574. The standard InChI is InChI=1S/C2H6O3S2.Na/c1-2-5-7(3,4)6;/h2H2,1H3,(H,3,4,6);. The fraction of sp³-hybridized carbons (Fsp3) is 1.00. The molecule has 0 rings (SSSR count). The van der Waals surface area contributed by atoms with Gasteiger partial charge in [0.05, 0.1) is 6.61 Å². The molecule has 45 valence electrons. The van der Waals surface area contributed by atoms with E-state index in [-0.39, 0.29) is 36.2 Å². The molecule has 0 fully saturated rings. The van der Waals surface area contributed by atoms with Gasteiger partial charge in [0.25, 0.3) is 9.05 Å². The van der Waals surface area contributed by atoms with Crippen molar-refractivity contribution in [3.8, 4) is 0 Å². The van der Waals surface area contributed by atoms with Crippen LogP contribution < -0.4 is 0 Å². The number of rotatable bonds is 2. The maximum atomic E-state index is 9.93. The van der Waals surface area contributed by atoms with Crippen molar-refractivity contribution in [3.63, 3.8) is 0 Å². The average Bonchev–Trinajstić information content (AvgIpc) is 1.30. The van der Waals surface area contributed by atoms with Gasteiger partial charge in [0.1, 0.15) is 0 Å². The minimum absolute atomic E-state index is 0. The van der Waals surface area contributed by atoms with E-state index in [4.69, 9.17) is 4.55 Å². The molecule has 0 amide bonds. The normalized spacial score (nSPS) is 16.2. The summed E-state index contributed by atoms with van der Waals surface area (Å²) in [6.07, 6.45) is 0. The smallest absolute Gasteiger partial charge is 0.266 e. The van der Waals surface area contributed by atoms with Crippen LogP contribution in [-0.4, -0.2) is 44.9 Å². The van der Waals surface area contributed by atoms with Crippen molar-refractivity contribution in [2.75, 3.05) is 6.61 Å². The van der Waals surface area contributed by atoms with Gasteiger partial charge in [-0.15, -0.1) is 0 Å². The molecule has 1 atom stereocenters. The van der Waals surface area contributed by atoms with Gasteiger partial charge in [-0.3, -0.25) is 8.74 Å². The zero-order valence-electron chi connectivity index (χ0n) is 4.79. The van der Waals surface area contributed by atoms with Crippen molar-refractivity contribution < 1.29 is 12.9 Å². The van der Waals surface area contributed by atoms with Crippen molar-refractivity contribution in [2.24, 2.45) is 0 Å². The molecule has 0 aromatic heterocycles. The topological polar surface area (TPSA) is 46.5 Å². The predicted octanol–water partition coefficient (Wildman–Crippen LogP) is -0.224. The molecule has 1 N–H and O–H groups in total. The van der Waals surface area contributed by atoms with Crippen LogP contribution in [0.25, 0.3) is 0 Å². The Labute approximate surface area is 75.8 Å². The summed E-state index contributed by atoms with van der Waals surface area (Å²) in [4.78, 5) is 0. The Balaban J connectivity index is 0. The summed E-state index contributed by atoms with van der Waals surface area (Å²) in [6.45, 7) is 1.78. The van der Waals surface area contributed by atoms with E-state index < -0.39 is 9.05 Å². The third kappa shape index (κ3) is 10.3. The Morgan fingerprint density at radius 2 is 2.25 bits per heavy atom. The summed E-state index contributed by atoms with van der Waals surface area (Å²) >= 11 is 3.95. The van der Waals surface area contributed by atoms with E-state index in [1.807, 2.05) is 0 Å². The van der Waals surface area contributed by atoms with Gasteiger partial charge in [0, 0.05) is 40.7 Å². The van der Waals surface area contributed by atoms with Crippen LogP contribution in [0.15, 0.2) is 0 Å². The Kier molecular flexibility index (Phi) is 7.67. The Bertz CT molecular complexity index is 128. The van der Waals surface area contributed by atoms with E-state index in [1.54, 1.807) is 6.92 Å². The second-order valence-electron chi connectivity index (χ2n) is 0.834. The minimum atomic E-state index is -3.34. The van der Waals surface area contributed by atoms with Gasteiger partial charge in [-0.1, -0.05) is 0 Å². The molecule has 0 saturated carbocycles. The molecule has 6 heteroatoms. The summed E-state index contributed by atoms with van der Waals surface area (Å²) in [5.41, 5.74) is 0. The minimum Gasteiger partial charge on any atom is -0.285 e. The van der Waals surface area contributed by atoms with Crippen molar-refractivity contribution in [1.29, 1.82) is 0 Å². The van der Waals surface area contributed by atoms with Crippen LogP contribution in [0.1, 0.15) is 6.92 Å². The van der Waals surface area contributed by atoms with E-state index in [9.17, 15) is 4.21 Å². The average molecular weight is 165 g/mol. The van der Waals surface area contributed by atoms with Crippen molar-refractivity contribution in [3.05, 3.63) is 0 Å². The monoisotopic (exact) mass is 165 g/mol. The molecule has 0 heterocycles. The summed E-state index contributed by atoms with van der Waals surface area (Å²) in [5.74, 6) is 0. The first kappa shape index (κ1) is 12.0. The van der Waals surface area contributed by atoms with Crippen LogP contribution in [0.2, 0.25) is 0 Å². The van der Waals surface area contributed by atoms with E-state index >= 15 is 0 Å². The summed E-state index contributed by atoms with van der Waals surface area (Å²) in [7, 11) is -3.34. The van der Waals surface area contributed by atoms with Crippen LogP contribution in [0.4, 0.5) is 0 Å². The molecule has 8 heavy (non-hydrogen) atoms. The summed E-state index contributed by atoms with van der Waals surface area (Å²) < 4.78 is 22.2. The van der Waals surface area contributed by atoms with Crippen molar-refractivity contribution in [2.45, 2.75) is 6.92 Å². The third-order valence-electron chi connectivity index (χ3n) is 0.267. The molecule has 0 bridgehead atoms.